The molecule has 0 spiro atoms. The fourth-order valence-corrected chi connectivity index (χ4v) is 3.06. The van der Waals surface area contributed by atoms with E-state index in [1.165, 1.54) is 17.5 Å². The zero-order valence-corrected chi connectivity index (χ0v) is 12.8. The lowest BCUT2D eigenvalue weighted by Gasteiger charge is -2.23. The number of hydrogen-bond acceptors (Lipinski definition) is 5. The monoisotopic (exact) mass is 296 g/mol. The lowest BCUT2D eigenvalue weighted by Crippen LogP contribution is -2.35. The van der Waals surface area contributed by atoms with Crippen LogP contribution in [0.25, 0.3) is 0 Å². The van der Waals surface area contributed by atoms with Crippen LogP contribution in [0, 0.1) is 11.3 Å². The van der Waals surface area contributed by atoms with Crippen molar-refractivity contribution in [3.63, 3.8) is 0 Å². The predicted molar refractivity (Wildman–Crippen MR) is 77.7 cm³/mol. The number of rotatable bonds is 7. The Bertz CT molecular complexity index is 580. The quantitative estimate of drug-likeness (QED) is 0.829. The van der Waals surface area contributed by atoms with Crippen molar-refractivity contribution in [2.24, 2.45) is 0 Å². The van der Waals surface area contributed by atoms with Gasteiger partial charge in [-0.2, -0.15) is 9.57 Å². The summed E-state index contributed by atoms with van der Waals surface area (Å²) in [6, 6.07) is 4.96. The van der Waals surface area contributed by atoms with Gasteiger partial charge in [0.25, 0.3) is 10.0 Å². The van der Waals surface area contributed by atoms with E-state index in [2.05, 4.69) is 10.3 Å². The molecular weight excluding hydrogens is 276 g/mol. The van der Waals surface area contributed by atoms with E-state index in [4.69, 9.17) is 5.26 Å². The zero-order chi connectivity index (χ0) is 15.2. The number of sulfonamides is 1. The van der Waals surface area contributed by atoms with Crippen molar-refractivity contribution in [1.82, 2.24) is 9.29 Å². The number of nitriles is 1. The molecule has 7 heteroatoms. The summed E-state index contributed by atoms with van der Waals surface area (Å²) in [5.74, 6) is 0. The van der Waals surface area contributed by atoms with Crippen LogP contribution < -0.4 is 5.32 Å². The van der Waals surface area contributed by atoms with E-state index in [1.807, 2.05) is 13.0 Å². The van der Waals surface area contributed by atoms with Gasteiger partial charge in [-0.3, -0.25) is 0 Å². The molecule has 1 aromatic heterocycles. The van der Waals surface area contributed by atoms with Crippen molar-refractivity contribution in [2.45, 2.75) is 37.8 Å². The van der Waals surface area contributed by atoms with Gasteiger partial charge in [-0.15, -0.1) is 0 Å². The van der Waals surface area contributed by atoms with E-state index in [1.54, 1.807) is 19.1 Å². The lowest BCUT2D eigenvalue weighted by atomic mass is 10.3. The normalized spacial score (nSPS) is 12.9. The molecule has 6 nitrogen and oxygen atoms in total. The van der Waals surface area contributed by atoms with Crippen LogP contribution in [0.1, 0.15) is 26.7 Å². The maximum absolute atomic E-state index is 12.5. The first-order chi connectivity index (χ1) is 9.45. The second-order valence-electron chi connectivity index (χ2n) is 4.52. The van der Waals surface area contributed by atoms with E-state index in [9.17, 15) is 8.42 Å². The third-order valence-corrected chi connectivity index (χ3v) is 4.90. The molecule has 0 bridgehead atoms. The molecule has 0 saturated heterocycles. The SMILES string of the molecule is CCCNc1cccnc1S(=O)(=O)N(C)C(C)CC#N. The molecule has 1 rings (SSSR count). The summed E-state index contributed by atoms with van der Waals surface area (Å²) in [5, 5.41) is 11.8. The summed E-state index contributed by atoms with van der Waals surface area (Å²) < 4.78 is 26.3. The van der Waals surface area contributed by atoms with Crippen molar-refractivity contribution in [3.05, 3.63) is 18.3 Å². The molecule has 0 aliphatic heterocycles. The molecule has 20 heavy (non-hydrogen) atoms. The minimum atomic E-state index is -3.71. The van der Waals surface area contributed by atoms with E-state index in [0.29, 0.717) is 12.2 Å². The van der Waals surface area contributed by atoms with Gasteiger partial charge >= 0.3 is 0 Å². The first-order valence-corrected chi connectivity index (χ1v) is 7.93. The topological polar surface area (TPSA) is 86.1 Å². The van der Waals surface area contributed by atoms with Crippen molar-refractivity contribution in [3.8, 4) is 6.07 Å². The maximum atomic E-state index is 12.5. The van der Waals surface area contributed by atoms with Gasteiger partial charge < -0.3 is 5.32 Å². The van der Waals surface area contributed by atoms with Crippen LogP contribution in [0.5, 0.6) is 0 Å². The van der Waals surface area contributed by atoms with Crippen LogP contribution in [-0.2, 0) is 10.0 Å². The van der Waals surface area contributed by atoms with Crippen LogP contribution >= 0.6 is 0 Å². The molecule has 0 radical (unpaired) electrons. The minimum Gasteiger partial charge on any atom is -0.383 e. The van der Waals surface area contributed by atoms with Crippen LogP contribution in [0.15, 0.2) is 23.4 Å². The maximum Gasteiger partial charge on any atom is 0.262 e. The van der Waals surface area contributed by atoms with E-state index < -0.39 is 16.1 Å². The Labute approximate surface area is 120 Å². The first kappa shape index (κ1) is 16.4. The third-order valence-electron chi connectivity index (χ3n) is 2.97. The fourth-order valence-electron chi connectivity index (χ4n) is 1.62. The Morgan fingerprint density at radius 1 is 1.55 bits per heavy atom. The molecule has 0 aromatic carbocycles. The minimum absolute atomic E-state index is 0.000685. The average Bonchev–Trinajstić information content (AvgIpc) is 2.44. The highest BCUT2D eigenvalue weighted by Crippen LogP contribution is 2.23. The summed E-state index contributed by atoms with van der Waals surface area (Å²) in [6.45, 7) is 4.37. The third kappa shape index (κ3) is 3.68. The summed E-state index contributed by atoms with van der Waals surface area (Å²) in [4.78, 5) is 3.99. The number of aromatic nitrogens is 1. The Hall–Kier alpha value is -1.65. The Balaban J connectivity index is 3.12. The second-order valence-corrected chi connectivity index (χ2v) is 6.43. The first-order valence-electron chi connectivity index (χ1n) is 6.49. The van der Waals surface area contributed by atoms with Crippen LogP contribution in [-0.4, -0.2) is 37.3 Å². The number of nitrogens with zero attached hydrogens (tertiary/aromatic N) is 3. The number of hydrogen-bond donors (Lipinski definition) is 1. The summed E-state index contributed by atoms with van der Waals surface area (Å²) in [5.41, 5.74) is 0.491. The molecule has 0 aliphatic carbocycles. The van der Waals surface area contributed by atoms with Gasteiger partial charge in [-0.1, -0.05) is 6.92 Å². The lowest BCUT2D eigenvalue weighted by molar-refractivity contribution is 0.391. The van der Waals surface area contributed by atoms with Gasteiger partial charge in [0.15, 0.2) is 5.03 Å². The van der Waals surface area contributed by atoms with Crippen molar-refractivity contribution in [2.75, 3.05) is 18.9 Å². The van der Waals surface area contributed by atoms with E-state index in [-0.39, 0.29) is 11.4 Å². The summed E-state index contributed by atoms with van der Waals surface area (Å²) >= 11 is 0. The molecule has 1 atom stereocenters. The molecule has 0 fully saturated rings. The predicted octanol–water partition coefficient (Wildman–Crippen LogP) is 1.83. The van der Waals surface area contributed by atoms with Crippen molar-refractivity contribution in [1.29, 1.82) is 5.26 Å². The van der Waals surface area contributed by atoms with Crippen molar-refractivity contribution >= 4 is 15.7 Å². The average molecular weight is 296 g/mol. The summed E-state index contributed by atoms with van der Waals surface area (Å²) in [7, 11) is -2.24. The molecule has 1 heterocycles. The molecule has 0 amide bonds. The highest BCUT2D eigenvalue weighted by molar-refractivity contribution is 7.89. The molecular formula is C13H20N4O2S. The van der Waals surface area contributed by atoms with E-state index in [0.717, 1.165) is 6.42 Å². The van der Waals surface area contributed by atoms with Gasteiger partial charge in [0.1, 0.15) is 0 Å². The van der Waals surface area contributed by atoms with Gasteiger partial charge in [0.05, 0.1) is 18.2 Å². The largest absolute Gasteiger partial charge is 0.383 e. The summed E-state index contributed by atoms with van der Waals surface area (Å²) in [6.07, 6.45) is 2.47. The Kier molecular flexibility index (Phi) is 5.92. The van der Waals surface area contributed by atoms with E-state index >= 15 is 0 Å². The fraction of sp³-hybridized carbons (Fsp3) is 0.538. The van der Waals surface area contributed by atoms with Crippen molar-refractivity contribution < 1.29 is 8.42 Å². The Morgan fingerprint density at radius 3 is 2.85 bits per heavy atom. The second kappa shape index (κ2) is 7.22. The number of nitrogens with one attached hydrogen (secondary N) is 1. The standard InChI is InChI=1S/C13H20N4O2S/c1-4-9-15-12-6-5-10-16-13(12)20(18,19)17(3)11(2)7-8-14/h5-6,10-11,15H,4,7,9H2,1-3H3. The highest BCUT2D eigenvalue weighted by atomic mass is 32.2. The zero-order valence-electron chi connectivity index (χ0n) is 12.0. The molecule has 0 saturated carbocycles. The highest BCUT2D eigenvalue weighted by Gasteiger charge is 2.28. The number of anilines is 1. The van der Waals surface area contributed by atoms with Crippen LogP contribution in [0.3, 0.4) is 0 Å². The molecule has 110 valence electrons. The van der Waals surface area contributed by atoms with Crippen LogP contribution in [0.2, 0.25) is 0 Å². The number of pyridine rings is 1. The molecule has 0 aliphatic rings. The molecule has 1 unspecified atom stereocenters. The van der Waals surface area contributed by atoms with Gasteiger partial charge in [0.2, 0.25) is 0 Å². The van der Waals surface area contributed by atoms with Crippen LogP contribution in [0.4, 0.5) is 5.69 Å². The van der Waals surface area contributed by atoms with Gasteiger partial charge in [-0.05, 0) is 25.5 Å². The molecule has 1 N–H and O–H groups in total. The van der Waals surface area contributed by atoms with Gasteiger partial charge in [-0.25, -0.2) is 13.4 Å². The molecule has 1 aromatic rings. The van der Waals surface area contributed by atoms with Gasteiger partial charge in [0, 0.05) is 25.8 Å². The Morgan fingerprint density at radius 2 is 2.25 bits per heavy atom. The smallest absolute Gasteiger partial charge is 0.262 e.